The van der Waals surface area contributed by atoms with Gasteiger partial charge in [0.1, 0.15) is 24.5 Å². The largest absolute Gasteiger partial charge is 0.464 e. The van der Waals surface area contributed by atoms with E-state index in [-0.39, 0.29) is 31.1 Å². The average Bonchev–Trinajstić information content (AvgIpc) is 3.16. The number of esters is 1. The third-order valence-electron chi connectivity index (χ3n) is 5.80. The van der Waals surface area contributed by atoms with Crippen LogP contribution >= 0.6 is 0 Å². The number of nitrogens with zero attached hydrogens (tertiary/aromatic N) is 1. The van der Waals surface area contributed by atoms with Gasteiger partial charge in [0, 0.05) is 12.3 Å². The monoisotopic (exact) mass is 458 g/mol. The Labute approximate surface area is 196 Å². The highest BCUT2D eigenvalue weighted by Gasteiger charge is 2.30. The van der Waals surface area contributed by atoms with E-state index in [4.69, 9.17) is 14.7 Å². The van der Waals surface area contributed by atoms with Crippen LogP contribution in [0.1, 0.15) is 35.1 Å². The molecule has 1 N–H and O–H groups in total. The van der Waals surface area contributed by atoms with Gasteiger partial charge < -0.3 is 14.8 Å². The lowest BCUT2D eigenvalue weighted by Crippen LogP contribution is -2.44. The van der Waals surface area contributed by atoms with E-state index in [0.717, 1.165) is 22.3 Å². The van der Waals surface area contributed by atoms with E-state index in [1.807, 2.05) is 48.5 Å². The van der Waals surface area contributed by atoms with Crippen molar-refractivity contribution >= 4 is 12.1 Å². The summed E-state index contributed by atoms with van der Waals surface area (Å²) in [6.45, 7) is 1.88. The molecule has 0 fully saturated rings. The topological polar surface area (TPSA) is 88.4 Å². The Kier molecular flexibility index (Phi) is 6.88. The quantitative estimate of drug-likeness (QED) is 0.518. The fraction of sp³-hybridized carbons (Fsp3) is 0.222. The number of ether oxygens (including phenoxy) is 2. The van der Waals surface area contributed by atoms with Gasteiger partial charge >= 0.3 is 12.1 Å². The number of carbonyl (C=O) groups excluding carboxylic acids is 2. The fourth-order valence-electron chi connectivity index (χ4n) is 4.23. The Morgan fingerprint density at radius 1 is 1.03 bits per heavy atom. The minimum Gasteiger partial charge on any atom is -0.464 e. The van der Waals surface area contributed by atoms with Crippen LogP contribution in [0, 0.1) is 17.1 Å². The van der Waals surface area contributed by atoms with E-state index in [1.54, 1.807) is 13.0 Å². The molecule has 1 atom stereocenters. The molecule has 3 aromatic rings. The van der Waals surface area contributed by atoms with E-state index < -0.39 is 23.9 Å². The number of alkyl carbamates (subject to hydrolysis) is 1. The van der Waals surface area contributed by atoms with E-state index in [1.165, 1.54) is 18.2 Å². The van der Waals surface area contributed by atoms with Gasteiger partial charge in [0.15, 0.2) is 0 Å². The molecule has 1 aliphatic carbocycles. The Bertz CT molecular complexity index is 1220. The van der Waals surface area contributed by atoms with Gasteiger partial charge in [0.25, 0.3) is 0 Å². The van der Waals surface area contributed by atoms with Gasteiger partial charge in [-0.3, -0.25) is 0 Å². The number of benzene rings is 3. The van der Waals surface area contributed by atoms with Crippen LogP contribution in [0.25, 0.3) is 11.1 Å². The molecule has 172 valence electrons. The summed E-state index contributed by atoms with van der Waals surface area (Å²) in [6.07, 6.45) is -0.778. The average molecular weight is 458 g/mol. The number of carbonyl (C=O) groups is 2. The summed E-state index contributed by atoms with van der Waals surface area (Å²) in [5.74, 6) is -1.46. The molecule has 0 spiro atoms. The minimum absolute atomic E-state index is 0.00828. The van der Waals surface area contributed by atoms with Crippen LogP contribution in [0.3, 0.4) is 0 Å². The lowest BCUT2D eigenvalue weighted by atomic mass is 9.98. The summed E-state index contributed by atoms with van der Waals surface area (Å²) >= 11 is 0. The van der Waals surface area contributed by atoms with Crippen molar-refractivity contribution in [2.45, 2.75) is 25.3 Å². The first-order valence-electron chi connectivity index (χ1n) is 11.0. The predicted molar refractivity (Wildman–Crippen MR) is 123 cm³/mol. The van der Waals surface area contributed by atoms with E-state index in [0.29, 0.717) is 5.56 Å². The second-order valence-electron chi connectivity index (χ2n) is 7.90. The molecule has 0 saturated carbocycles. The predicted octanol–water partition coefficient (Wildman–Crippen LogP) is 4.71. The van der Waals surface area contributed by atoms with Crippen molar-refractivity contribution in [3.63, 3.8) is 0 Å². The van der Waals surface area contributed by atoms with Crippen molar-refractivity contribution in [3.8, 4) is 17.2 Å². The van der Waals surface area contributed by atoms with Crippen molar-refractivity contribution in [2.24, 2.45) is 0 Å². The zero-order chi connectivity index (χ0) is 24.1. The lowest BCUT2D eigenvalue weighted by Gasteiger charge is -2.19. The molecule has 3 aromatic carbocycles. The molecule has 1 unspecified atom stereocenters. The van der Waals surface area contributed by atoms with Crippen LogP contribution in [0.15, 0.2) is 66.7 Å². The van der Waals surface area contributed by atoms with Crippen LogP contribution in [-0.2, 0) is 20.7 Å². The zero-order valence-electron chi connectivity index (χ0n) is 18.6. The van der Waals surface area contributed by atoms with Crippen molar-refractivity contribution in [1.29, 1.82) is 5.26 Å². The van der Waals surface area contributed by atoms with Gasteiger partial charge in [-0.1, -0.05) is 54.6 Å². The van der Waals surface area contributed by atoms with Gasteiger partial charge in [-0.15, -0.1) is 0 Å². The first-order valence-corrected chi connectivity index (χ1v) is 11.0. The maximum absolute atomic E-state index is 14.0. The zero-order valence-corrected chi connectivity index (χ0v) is 18.6. The highest BCUT2D eigenvalue weighted by atomic mass is 19.1. The van der Waals surface area contributed by atoms with Crippen molar-refractivity contribution in [1.82, 2.24) is 5.32 Å². The van der Waals surface area contributed by atoms with Crippen LogP contribution < -0.4 is 5.32 Å². The van der Waals surface area contributed by atoms with Crippen LogP contribution in [-0.4, -0.2) is 31.3 Å². The molecule has 0 heterocycles. The normalized spacial score (nSPS) is 12.7. The molecule has 1 amide bonds. The lowest BCUT2D eigenvalue weighted by molar-refractivity contribution is -0.145. The molecular weight excluding hydrogens is 435 g/mol. The summed E-state index contributed by atoms with van der Waals surface area (Å²) in [5, 5.41) is 11.4. The summed E-state index contributed by atoms with van der Waals surface area (Å²) < 4.78 is 24.6. The van der Waals surface area contributed by atoms with Gasteiger partial charge in [-0.2, -0.15) is 5.26 Å². The number of hydrogen-bond acceptors (Lipinski definition) is 5. The molecule has 0 bridgehead atoms. The fourth-order valence-corrected chi connectivity index (χ4v) is 4.23. The number of nitriles is 1. The highest BCUT2D eigenvalue weighted by molar-refractivity contribution is 5.82. The number of halogens is 1. The molecular formula is C27H23FN2O4. The van der Waals surface area contributed by atoms with Crippen molar-refractivity contribution in [2.75, 3.05) is 13.2 Å². The summed E-state index contributed by atoms with van der Waals surface area (Å²) in [7, 11) is 0. The van der Waals surface area contributed by atoms with Gasteiger partial charge in [0.2, 0.25) is 0 Å². The molecule has 0 saturated heterocycles. The first kappa shape index (κ1) is 23.0. The molecule has 7 heteroatoms. The molecule has 0 radical (unpaired) electrons. The van der Waals surface area contributed by atoms with Gasteiger partial charge in [-0.05, 0) is 46.9 Å². The number of amides is 1. The molecule has 0 aromatic heterocycles. The van der Waals surface area contributed by atoms with Gasteiger partial charge in [-0.25, -0.2) is 14.0 Å². The van der Waals surface area contributed by atoms with E-state index >= 15 is 0 Å². The second kappa shape index (κ2) is 10.2. The number of rotatable bonds is 7. The third kappa shape index (κ3) is 4.76. The molecule has 0 aliphatic heterocycles. The summed E-state index contributed by atoms with van der Waals surface area (Å²) in [6, 6.07) is 20.7. The van der Waals surface area contributed by atoms with Crippen LogP contribution in [0.2, 0.25) is 0 Å². The third-order valence-corrected chi connectivity index (χ3v) is 5.80. The first-order chi connectivity index (χ1) is 16.5. The summed E-state index contributed by atoms with van der Waals surface area (Å²) in [5.41, 5.74) is 4.71. The van der Waals surface area contributed by atoms with E-state index in [2.05, 4.69) is 5.32 Å². The summed E-state index contributed by atoms with van der Waals surface area (Å²) in [4.78, 5) is 25.1. The van der Waals surface area contributed by atoms with E-state index in [9.17, 15) is 14.0 Å². The number of fused-ring (bicyclic) bond motifs is 3. The number of hydrogen-bond donors (Lipinski definition) is 1. The van der Waals surface area contributed by atoms with Crippen molar-refractivity contribution in [3.05, 3.63) is 94.8 Å². The molecule has 6 nitrogen and oxygen atoms in total. The molecule has 34 heavy (non-hydrogen) atoms. The standard InChI is InChI=1S/C27H23FN2O4/c1-2-33-26(31)25(14-17-11-12-18(15-29)24(28)13-17)30-27(32)34-16-23-21-9-5-3-7-19(21)20-8-4-6-10-22(20)23/h3-13,23,25H,2,14,16H2,1H3,(H,30,32). The molecule has 1 aliphatic rings. The van der Waals surface area contributed by atoms with Crippen molar-refractivity contribution < 1.29 is 23.5 Å². The highest BCUT2D eigenvalue weighted by Crippen LogP contribution is 2.44. The minimum atomic E-state index is -1.07. The number of nitrogens with one attached hydrogen (secondary N) is 1. The maximum Gasteiger partial charge on any atom is 0.407 e. The Balaban J connectivity index is 1.46. The smallest absolute Gasteiger partial charge is 0.407 e. The van der Waals surface area contributed by atoms with Gasteiger partial charge in [0.05, 0.1) is 12.2 Å². The SMILES string of the molecule is CCOC(=O)C(Cc1ccc(C#N)c(F)c1)NC(=O)OCC1c2ccccc2-c2ccccc21. The Morgan fingerprint density at radius 3 is 2.26 bits per heavy atom. The maximum atomic E-state index is 14.0. The second-order valence-corrected chi connectivity index (χ2v) is 7.90. The van der Waals surface area contributed by atoms with Crippen LogP contribution in [0.4, 0.5) is 9.18 Å². The Hall–Kier alpha value is -4.18. The van der Waals surface area contributed by atoms with Crippen LogP contribution in [0.5, 0.6) is 0 Å². The molecule has 4 rings (SSSR count). The Morgan fingerprint density at radius 2 is 1.68 bits per heavy atom.